The number of carbonyl (C=O) groups excluding carboxylic acids is 1. The quantitative estimate of drug-likeness (QED) is 0.436. The zero-order valence-electron chi connectivity index (χ0n) is 15.6. The lowest BCUT2D eigenvalue weighted by molar-refractivity contribution is 0.0796. The van der Waals surface area contributed by atoms with E-state index in [-0.39, 0.29) is 5.91 Å². The van der Waals surface area contributed by atoms with Crippen molar-refractivity contribution in [1.29, 1.82) is 0 Å². The van der Waals surface area contributed by atoms with Gasteiger partial charge in [0.15, 0.2) is 5.82 Å². The first-order valence-corrected chi connectivity index (χ1v) is 10.6. The normalized spacial score (nSPS) is 11.1. The molecule has 28 heavy (non-hydrogen) atoms. The van der Waals surface area contributed by atoms with Crippen LogP contribution >= 0.6 is 27.3 Å². The van der Waals surface area contributed by atoms with Gasteiger partial charge >= 0.3 is 0 Å². The van der Waals surface area contributed by atoms with Crippen LogP contribution in [0.15, 0.2) is 58.5 Å². The average molecular weight is 455 g/mol. The topological polar surface area (TPSA) is 51.0 Å². The van der Waals surface area contributed by atoms with Gasteiger partial charge in [-0.05, 0) is 52.3 Å². The molecule has 1 aromatic carbocycles. The van der Waals surface area contributed by atoms with Crippen LogP contribution in [0.2, 0.25) is 0 Å². The van der Waals surface area contributed by atoms with Crippen molar-refractivity contribution in [2.24, 2.45) is 7.05 Å². The summed E-state index contributed by atoms with van der Waals surface area (Å²) in [6, 6.07) is 13.6. The molecule has 0 bridgehead atoms. The summed E-state index contributed by atoms with van der Waals surface area (Å²) in [4.78, 5) is 24.7. The first-order valence-electron chi connectivity index (χ1n) is 8.89. The van der Waals surface area contributed by atoms with Crippen molar-refractivity contribution >= 4 is 44.2 Å². The van der Waals surface area contributed by atoms with Crippen LogP contribution in [0.5, 0.6) is 0 Å². The summed E-state index contributed by atoms with van der Waals surface area (Å²) in [5.41, 5.74) is 3.46. The first-order chi connectivity index (χ1) is 13.5. The minimum Gasteiger partial charge on any atom is -0.341 e. The van der Waals surface area contributed by atoms with Gasteiger partial charge in [-0.1, -0.05) is 6.07 Å². The van der Waals surface area contributed by atoms with E-state index in [1.165, 1.54) is 0 Å². The lowest BCUT2D eigenvalue weighted by Gasteiger charge is -2.17. The lowest BCUT2D eigenvalue weighted by Crippen LogP contribution is -2.29. The van der Waals surface area contributed by atoms with Crippen LogP contribution in [0.1, 0.15) is 16.1 Å². The van der Waals surface area contributed by atoms with Gasteiger partial charge in [-0.25, -0.2) is 4.98 Å². The van der Waals surface area contributed by atoms with Crippen LogP contribution in [0.25, 0.3) is 21.7 Å². The molecule has 4 aromatic rings. The standard InChI is InChI=1S/C21H19BrN4OS/c1-25(10-8-16-5-3-4-9-23-16)21(27)14-6-7-18-17(11-14)24-20(26(18)2)19-12-15(22)13-28-19/h3-7,9,11-13H,8,10H2,1-2H3. The summed E-state index contributed by atoms with van der Waals surface area (Å²) in [5.74, 6) is 0.891. The molecule has 0 aliphatic rings. The zero-order valence-corrected chi connectivity index (χ0v) is 18.0. The minimum absolute atomic E-state index is 0.0103. The fourth-order valence-corrected chi connectivity index (χ4v) is 4.59. The Hall–Kier alpha value is -2.51. The number of likely N-dealkylation sites (N-methyl/N-ethyl adjacent to an activating group) is 1. The molecule has 0 atom stereocenters. The van der Waals surface area contributed by atoms with E-state index in [1.807, 2.05) is 55.9 Å². The second-order valence-electron chi connectivity index (χ2n) is 6.62. The van der Waals surface area contributed by atoms with Crippen molar-refractivity contribution in [2.75, 3.05) is 13.6 Å². The molecule has 0 saturated carbocycles. The Kier molecular flexibility index (Phi) is 5.28. The smallest absolute Gasteiger partial charge is 0.253 e. The third kappa shape index (κ3) is 3.72. The van der Waals surface area contributed by atoms with Gasteiger partial charge in [-0.2, -0.15) is 0 Å². The molecule has 0 saturated heterocycles. The van der Waals surface area contributed by atoms with Crippen molar-refractivity contribution < 1.29 is 4.79 Å². The number of fused-ring (bicyclic) bond motifs is 1. The number of nitrogens with zero attached hydrogens (tertiary/aromatic N) is 4. The molecule has 3 aromatic heterocycles. The van der Waals surface area contributed by atoms with Gasteiger partial charge in [-0.3, -0.25) is 9.78 Å². The molecule has 4 rings (SSSR count). The summed E-state index contributed by atoms with van der Waals surface area (Å²) < 4.78 is 3.11. The molecular weight excluding hydrogens is 436 g/mol. The first kappa shape index (κ1) is 18.8. The second kappa shape index (κ2) is 7.85. The van der Waals surface area contributed by atoms with Crippen molar-refractivity contribution in [3.8, 4) is 10.7 Å². The molecule has 1 amide bonds. The molecule has 5 nitrogen and oxygen atoms in total. The van der Waals surface area contributed by atoms with Gasteiger partial charge in [0.1, 0.15) is 0 Å². The Morgan fingerprint density at radius 2 is 2.11 bits per heavy atom. The number of thiophene rings is 1. The number of rotatable bonds is 5. The average Bonchev–Trinajstić information content (AvgIpc) is 3.29. The summed E-state index contributed by atoms with van der Waals surface area (Å²) in [5, 5.41) is 2.04. The largest absolute Gasteiger partial charge is 0.341 e. The number of hydrogen-bond acceptors (Lipinski definition) is 4. The van der Waals surface area contributed by atoms with Gasteiger partial charge in [0.05, 0.1) is 15.9 Å². The van der Waals surface area contributed by atoms with Gasteiger partial charge < -0.3 is 9.47 Å². The zero-order chi connectivity index (χ0) is 19.7. The Bertz CT molecular complexity index is 1140. The highest BCUT2D eigenvalue weighted by Crippen LogP contribution is 2.31. The molecule has 0 N–H and O–H groups in total. The number of halogens is 1. The van der Waals surface area contributed by atoms with Crippen LogP contribution in [0.4, 0.5) is 0 Å². The third-order valence-corrected chi connectivity index (χ3v) is 6.38. The van der Waals surface area contributed by atoms with Crippen molar-refractivity contribution in [1.82, 2.24) is 19.4 Å². The van der Waals surface area contributed by atoms with Gasteiger partial charge in [0, 0.05) is 54.4 Å². The number of carbonyl (C=O) groups is 1. The predicted molar refractivity (Wildman–Crippen MR) is 117 cm³/mol. The number of benzene rings is 1. The summed E-state index contributed by atoms with van der Waals surface area (Å²) in [6.45, 7) is 0.616. The molecule has 0 radical (unpaired) electrons. The molecule has 0 aliphatic heterocycles. The maximum Gasteiger partial charge on any atom is 0.253 e. The monoisotopic (exact) mass is 454 g/mol. The number of aromatic nitrogens is 3. The van der Waals surface area contributed by atoms with Gasteiger partial charge in [0.25, 0.3) is 5.91 Å². The highest BCUT2D eigenvalue weighted by Gasteiger charge is 2.16. The lowest BCUT2D eigenvalue weighted by atomic mass is 10.1. The van der Waals surface area contributed by atoms with Crippen LogP contribution in [0, 0.1) is 0 Å². The minimum atomic E-state index is -0.0103. The fraction of sp³-hybridized carbons (Fsp3) is 0.190. The van der Waals surface area contributed by atoms with E-state index in [0.29, 0.717) is 12.1 Å². The Labute approximate surface area is 175 Å². The van der Waals surface area contributed by atoms with E-state index < -0.39 is 0 Å². The van der Waals surface area contributed by atoms with Gasteiger partial charge in [0.2, 0.25) is 0 Å². The number of imidazole rings is 1. The number of pyridine rings is 1. The van der Waals surface area contributed by atoms with E-state index in [1.54, 1.807) is 22.4 Å². The highest BCUT2D eigenvalue weighted by molar-refractivity contribution is 9.10. The molecule has 0 aliphatic carbocycles. The summed E-state index contributed by atoms with van der Waals surface area (Å²) in [6.07, 6.45) is 2.50. The van der Waals surface area contributed by atoms with Crippen molar-refractivity contribution in [2.45, 2.75) is 6.42 Å². The maximum atomic E-state index is 12.8. The Morgan fingerprint density at radius 1 is 1.25 bits per heavy atom. The predicted octanol–water partition coefficient (Wildman–Crippen LogP) is 4.77. The van der Waals surface area contributed by atoms with Crippen molar-refractivity contribution in [3.63, 3.8) is 0 Å². The fourth-order valence-electron chi connectivity index (χ4n) is 3.13. The third-order valence-electron chi connectivity index (χ3n) is 4.69. The SMILES string of the molecule is CN(CCc1ccccn1)C(=O)c1ccc2c(c1)nc(-c1cc(Br)cs1)n2C. The van der Waals surface area contributed by atoms with Gasteiger partial charge in [-0.15, -0.1) is 11.3 Å². The number of hydrogen-bond donors (Lipinski definition) is 0. The Morgan fingerprint density at radius 3 is 2.82 bits per heavy atom. The summed E-state index contributed by atoms with van der Waals surface area (Å²) >= 11 is 5.14. The van der Waals surface area contributed by atoms with E-state index in [2.05, 4.69) is 31.5 Å². The molecule has 0 spiro atoms. The number of amides is 1. The Balaban J connectivity index is 1.56. The van der Waals surface area contributed by atoms with Crippen LogP contribution < -0.4 is 0 Å². The molecule has 0 fully saturated rings. The van der Waals surface area contributed by atoms with Crippen LogP contribution in [-0.4, -0.2) is 38.9 Å². The van der Waals surface area contributed by atoms with Crippen LogP contribution in [-0.2, 0) is 13.5 Å². The van der Waals surface area contributed by atoms with E-state index >= 15 is 0 Å². The molecule has 7 heteroatoms. The highest BCUT2D eigenvalue weighted by atomic mass is 79.9. The van der Waals surface area contributed by atoms with E-state index in [9.17, 15) is 4.79 Å². The second-order valence-corrected chi connectivity index (χ2v) is 8.45. The number of aryl methyl sites for hydroxylation is 1. The maximum absolute atomic E-state index is 12.8. The van der Waals surface area contributed by atoms with Crippen LogP contribution in [0.3, 0.4) is 0 Å². The molecule has 142 valence electrons. The van der Waals surface area contributed by atoms with E-state index in [0.717, 1.165) is 38.3 Å². The van der Waals surface area contributed by atoms with E-state index in [4.69, 9.17) is 4.98 Å². The van der Waals surface area contributed by atoms with Crippen molar-refractivity contribution in [3.05, 3.63) is 69.8 Å². The summed E-state index contributed by atoms with van der Waals surface area (Å²) in [7, 11) is 3.82. The molecular formula is C21H19BrN4OS. The molecule has 0 unspecified atom stereocenters. The molecule has 3 heterocycles.